The van der Waals surface area contributed by atoms with Crippen molar-refractivity contribution >= 4 is 11.4 Å². The number of rotatable bonds is 2. The summed E-state index contributed by atoms with van der Waals surface area (Å²) in [5.41, 5.74) is 10.7. The molecule has 1 heterocycles. The van der Waals surface area contributed by atoms with E-state index in [2.05, 4.69) is 53.2 Å². The largest absolute Gasteiger partial charge is 0.397 e. The van der Waals surface area contributed by atoms with E-state index in [1.165, 1.54) is 16.8 Å². The van der Waals surface area contributed by atoms with Gasteiger partial charge in [-0.05, 0) is 30.3 Å². The molecule has 0 unspecified atom stereocenters. The summed E-state index contributed by atoms with van der Waals surface area (Å²) in [6.07, 6.45) is 0. The predicted octanol–water partition coefficient (Wildman–Crippen LogP) is 2.69. The van der Waals surface area contributed by atoms with E-state index in [0.717, 1.165) is 31.9 Å². The lowest BCUT2D eigenvalue weighted by molar-refractivity contribution is 0.313. The van der Waals surface area contributed by atoms with Crippen LogP contribution in [0.15, 0.2) is 48.5 Å². The van der Waals surface area contributed by atoms with Crippen molar-refractivity contribution in [2.45, 2.75) is 0 Å². The summed E-state index contributed by atoms with van der Waals surface area (Å²) in [5.74, 6) is 0. The van der Waals surface area contributed by atoms with E-state index in [4.69, 9.17) is 5.73 Å². The molecule has 3 rings (SSSR count). The van der Waals surface area contributed by atoms with E-state index >= 15 is 0 Å². The molecule has 1 aliphatic rings. The lowest BCUT2D eigenvalue weighted by atomic mass is 10.0. The summed E-state index contributed by atoms with van der Waals surface area (Å²) >= 11 is 0. The molecule has 1 saturated heterocycles. The van der Waals surface area contributed by atoms with Gasteiger partial charge in [-0.2, -0.15) is 0 Å². The van der Waals surface area contributed by atoms with E-state index < -0.39 is 0 Å². The molecule has 2 aromatic carbocycles. The van der Waals surface area contributed by atoms with Gasteiger partial charge in [-0.1, -0.05) is 36.4 Å². The molecule has 0 atom stereocenters. The number of piperazine rings is 1. The van der Waals surface area contributed by atoms with E-state index in [1.54, 1.807) is 0 Å². The first-order valence-corrected chi connectivity index (χ1v) is 7.12. The van der Waals surface area contributed by atoms with Gasteiger partial charge in [-0.3, -0.25) is 0 Å². The summed E-state index contributed by atoms with van der Waals surface area (Å²) in [6.45, 7) is 4.27. The summed E-state index contributed by atoms with van der Waals surface area (Å²) < 4.78 is 0. The molecule has 0 spiro atoms. The lowest BCUT2D eigenvalue weighted by Crippen LogP contribution is -2.44. The molecule has 20 heavy (non-hydrogen) atoms. The van der Waals surface area contributed by atoms with Gasteiger partial charge in [0.05, 0.1) is 11.4 Å². The van der Waals surface area contributed by atoms with Crippen molar-refractivity contribution in [3.8, 4) is 11.1 Å². The Kier molecular flexibility index (Phi) is 3.61. The Hall–Kier alpha value is -2.00. The Morgan fingerprint density at radius 2 is 1.55 bits per heavy atom. The van der Waals surface area contributed by atoms with Crippen molar-refractivity contribution in [2.75, 3.05) is 43.9 Å². The first-order chi connectivity index (χ1) is 9.74. The molecule has 3 nitrogen and oxygen atoms in total. The van der Waals surface area contributed by atoms with Crippen molar-refractivity contribution in [1.29, 1.82) is 0 Å². The molecular weight excluding hydrogens is 246 g/mol. The number of benzene rings is 2. The minimum atomic E-state index is 0.870. The summed E-state index contributed by atoms with van der Waals surface area (Å²) in [7, 11) is 2.17. The summed E-state index contributed by atoms with van der Waals surface area (Å²) in [6, 6.07) is 16.8. The third-order valence-electron chi connectivity index (χ3n) is 3.98. The predicted molar refractivity (Wildman–Crippen MR) is 86.0 cm³/mol. The molecule has 0 amide bonds. The first kappa shape index (κ1) is 13.0. The van der Waals surface area contributed by atoms with Gasteiger partial charge in [-0.15, -0.1) is 0 Å². The smallest absolute Gasteiger partial charge is 0.0607 e. The molecule has 1 fully saturated rings. The average Bonchev–Trinajstić information content (AvgIpc) is 2.50. The van der Waals surface area contributed by atoms with Gasteiger partial charge >= 0.3 is 0 Å². The molecule has 104 valence electrons. The van der Waals surface area contributed by atoms with E-state index in [-0.39, 0.29) is 0 Å². The maximum absolute atomic E-state index is 6.18. The van der Waals surface area contributed by atoms with E-state index in [0.29, 0.717) is 0 Å². The molecule has 0 saturated carbocycles. The van der Waals surface area contributed by atoms with Crippen LogP contribution in [-0.4, -0.2) is 38.1 Å². The zero-order valence-corrected chi connectivity index (χ0v) is 11.9. The van der Waals surface area contributed by atoms with Crippen LogP contribution in [0.4, 0.5) is 11.4 Å². The summed E-state index contributed by atoms with van der Waals surface area (Å²) in [4.78, 5) is 4.75. The quantitative estimate of drug-likeness (QED) is 0.849. The van der Waals surface area contributed by atoms with Gasteiger partial charge in [0.25, 0.3) is 0 Å². The molecule has 0 aliphatic carbocycles. The molecule has 1 aliphatic heterocycles. The molecule has 3 heteroatoms. The lowest BCUT2D eigenvalue weighted by Gasteiger charge is -2.34. The van der Waals surface area contributed by atoms with Gasteiger partial charge in [-0.25, -0.2) is 0 Å². The van der Waals surface area contributed by atoms with Gasteiger partial charge in [0, 0.05) is 26.2 Å². The number of nitrogen functional groups attached to an aromatic ring is 1. The third-order valence-corrected chi connectivity index (χ3v) is 3.98. The maximum Gasteiger partial charge on any atom is 0.0607 e. The van der Waals surface area contributed by atoms with Crippen molar-refractivity contribution in [3.63, 3.8) is 0 Å². The number of hydrogen-bond donors (Lipinski definition) is 1. The molecular formula is C17H21N3. The van der Waals surface area contributed by atoms with Gasteiger partial charge in [0.1, 0.15) is 0 Å². The van der Waals surface area contributed by atoms with Crippen LogP contribution in [0.5, 0.6) is 0 Å². The molecule has 2 N–H and O–H groups in total. The minimum absolute atomic E-state index is 0.870. The van der Waals surface area contributed by atoms with Crippen molar-refractivity contribution in [2.24, 2.45) is 0 Å². The second-order valence-corrected chi connectivity index (χ2v) is 5.43. The van der Waals surface area contributed by atoms with Crippen LogP contribution in [0.25, 0.3) is 11.1 Å². The standard InChI is InChI=1S/C17H21N3/c1-19-9-11-20(12-10-19)17-13-15(7-8-16(17)18)14-5-3-2-4-6-14/h2-8,13H,9-12,18H2,1H3. The molecule has 0 radical (unpaired) electrons. The van der Waals surface area contributed by atoms with Crippen molar-refractivity contribution < 1.29 is 0 Å². The Morgan fingerprint density at radius 3 is 2.25 bits per heavy atom. The monoisotopic (exact) mass is 267 g/mol. The Balaban J connectivity index is 1.91. The minimum Gasteiger partial charge on any atom is -0.397 e. The Morgan fingerprint density at radius 1 is 0.850 bits per heavy atom. The Bertz CT molecular complexity index is 572. The highest BCUT2D eigenvalue weighted by Crippen LogP contribution is 2.30. The highest BCUT2D eigenvalue weighted by molar-refractivity contribution is 5.77. The van der Waals surface area contributed by atoms with Crippen LogP contribution in [0.3, 0.4) is 0 Å². The van der Waals surface area contributed by atoms with Crippen molar-refractivity contribution in [3.05, 3.63) is 48.5 Å². The second-order valence-electron chi connectivity index (χ2n) is 5.43. The number of likely N-dealkylation sites (N-methyl/N-ethyl adjacent to an activating group) is 1. The van der Waals surface area contributed by atoms with Gasteiger partial charge in [0.2, 0.25) is 0 Å². The second kappa shape index (κ2) is 5.55. The summed E-state index contributed by atoms with van der Waals surface area (Å²) in [5, 5.41) is 0. The van der Waals surface area contributed by atoms with Crippen LogP contribution < -0.4 is 10.6 Å². The van der Waals surface area contributed by atoms with E-state index in [1.807, 2.05) is 12.1 Å². The fourth-order valence-electron chi connectivity index (χ4n) is 2.68. The molecule has 0 bridgehead atoms. The van der Waals surface area contributed by atoms with Crippen LogP contribution in [0.2, 0.25) is 0 Å². The molecule has 2 aromatic rings. The van der Waals surface area contributed by atoms with E-state index in [9.17, 15) is 0 Å². The highest BCUT2D eigenvalue weighted by atomic mass is 15.2. The third kappa shape index (κ3) is 2.63. The zero-order valence-electron chi connectivity index (χ0n) is 11.9. The zero-order chi connectivity index (χ0) is 13.9. The fraction of sp³-hybridized carbons (Fsp3) is 0.294. The normalized spacial score (nSPS) is 16.4. The van der Waals surface area contributed by atoms with Crippen molar-refractivity contribution in [1.82, 2.24) is 4.90 Å². The SMILES string of the molecule is CN1CCN(c2cc(-c3ccccc3)ccc2N)CC1. The topological polar surface area (TPSA) is 32.5 Å². The number of hydrogen-bond acceptors (Lipinski definition) is 3. The average molecular weight is 267 g/mol. The number of nitrogens with two attached hydrogens (primary N) is 1. The maximum atomic E-state index is 6.18. The van der Waals surface area contributed by atoms with Crippen LogP contribution in [0, 0.1) is 0 Å². The van der Waals surface area contributed by atoms with Crippen LogP contribution in [0.1, 0.15) is 0 Å². The Labute approximate surface area is 120 Å². The van der Waals surface area contributed by atoms with Crippen LogP contribution in [-0.2, 0) is 0 Å². The van der Waals surface area contributed by atoms with Gasteiger partial charge < -0.3 is 15.5 Å². The number of nitrogens with zero attached hydrogens (tertiary/aromatic N) is 2. The highest BCUT2D eigenvalue weighted by Gasteiger charge is 2.16. The van der Waals surface area contributed by atoms with Gasteiger partial charge in [0.15, 0.2) is 0 Å². The van der Waals surface area contributed by atoms with Crippen LogP contribution >= 0.6 is 0 Å². The first-order valence-electron chi connectivity index (χ1n) is 7.12. The molecule has 0 aromatic heterocycles. The fourth-order valence-corrected chi connectivity index (χ4v) is 2.68. The number of anilines is 2.